The predicted octanol–water partition coefficient (Wildman–Crippen LogP) is 8.50. The summed E-state index contributed by atoms with van der Waals surface area (Å²) >= 11 is 7.70. The van der Waals surface area contributed by atoms with E-state index in [2.05, 4.69) is 27.2 Å². The van der Waals surface area contributed by atoms with Gasteiger partial charge in [0.2, 0.25) is 5.91 Å². The second kappa shape index (κ2) is 29.4. The van der Waals surface area contributed by atoms with Gasteiger partial charge in [-0.2, -0.15) is 0 Å². The first kappa shape index (κ1) is 61.4. The molecule has 2 amide bonds. The number of amides is 2. The summed E-state index contributed by atoms with van der Waals surface area (Å²) in [4.78, 5) is 56.8. The highest BCUT2D eigenvalue weighted by Crippen LogP contribution is 2.38. The van der Waals surface area contributed by atoms with Gasteiger partial charge in [-0.25, -0.2) is 21.6 Å². The Kier molecular flexibility index (Phi) is 23.2. The van der Waals surface area contributed by atoms with Gasteiger partial charge in [0.15, 0.2) is 15.6 Å². The Hall–Kier alpha value is -5.80. The normalized spacial score (nSPS) is 14.4. The number of piperidine rings is 1. The van der Waals surface area contributed by atoms with E-state index in [4.69, 9.17) is 16.3 Å². The molecule has 5 aromatic carbocycles. The van der Waals surface area contributed by atoms with Crippen molar-refractivity contribution in [3.05, 3.63) is 137 Å². The van der Waals surface area contributed by atoms with Crippen LogP contribution in [0.2, 0.25) is 5.02 Å². The second-order valence-electron chi connectivity index (χ2n) is 20.0. The molecule has 1 heterocycles. The highest BCUT2D eigenvalue weighted by atomic mass is 35.5. The van der Waals surface area contributed by atoms with E-state index in [9.17, 15) is 41.1 Å². The van der Waals surface area contributed by atoms with Crippen molar-refractivity contribution in [3.8, 4) is 11.1 Å². The minimum absolute atomic E-state index is 0.0204. The number of ketones is 1. The van der Waals surface area contributed by atoms with Gasteiger partial charge in [-0.3, -0.25) is 24.1 Å². The highest BCUT2D eigenvalue weighted by molar-refractivity contribution is 7.99. The third kappa shape index (κ3) is 18.7. The monoisotopic (exact) mass is 1140 g/mol. The van der Waals surface area contributed by atoms with Crippen LogP contribution in [-0.4, -0.2) is 139 Å². The number of ether oxygens (including phenoxy) is 1. The van der Waals surface area contributed by atoms with E-state index in [1.165, 1.54) is 24.0 Å². The number of nitrogens with zero attached hydrogens (tertiary/aromatic N) is 3. The van der Waals surface area contributed by atoms with E-state index in [1.54, 1.807) is 43.1 Å². The first-order valence-corrected chi connectivity index (χ1v) is 31.0. The number of halogens is 1. The van der Waals surface area contributed by atoms with E-state index >= 15 is 0 Å². The summed E-state index contributed by atoms with van der Waals surface area (Å²) in [5, 5.41) is 18.3. The molecule has 3 atom stereocenters. The maximum absolute atomic E-state index is 13.7. The molecule has 0 aliphatic carbocycles. The van der Waals surface area contributed by atoms with Gasteiger partial charge in [0.1, 0.15) is 6.61 Å². The van der Waals surface area contributed by atoms with Crippen LogP contribution in [0.3, 0.4) is 0 Å². The van der Waals surface area contributed by atoms with Crippen LogP contribution in [-0.2, 0) is 39.0 Å². The lowest BCUT2D eigenvalue weighted by Gasteiger charge is -2.36. The van der Waals surface area contributed by atoms with E-state index in [0.29, 0.717) is 49.8 Å². The molecule has 4 N–H and O–H groups in total. The SMILES string of the molecule is CCCCCC(NC(=O)CN(C)CC(=O)OCCN(C)CC[C@H](CSc1ccccc1)Nc1ccc(S(=O)(=O)NC(=O)c2ccc(N3CCC([C@@H](O)c4ccccc4-c4ccc(Cl)cc4)CC3)cc2)cc1S(C)(=O)=O)C(C)=O. The molecule has 1 aliphatic heterocycles. The predicted molar refractivity (Wildman–Crippen MR) is 309 cm³/mol. The zero-order valence-corrected chi connectivity index (χ0v) is 48.2. The molecule has 20 heteroatoms. The fourth-order valence-corrected chi connectivity index (χ4v) is 12.3. The number of benzene rings is 5. The number of hydrogen-bond donors (Lipinski definition) is 4. The van der Waals surface area contributed by atoms with Crippen LogP contribution in [0.5, 0.6) is 0 Å². The van der Waals surface area contributed by atoms with Crippen LogP contribution in [0.4, 0.5) is 11.4 Å². The Balaban J connectivity index is 1.02. The number of thioether (sulfide) groups is 1. The van der Waals surface area contributed by atoms with E-state index in [0.717, 1.165) is 71.7 Å². The van der Waals surface area contributed by atoms with Gasteiger partial charge in [0.05, 0.1) is 40.7 Å². The molecule has 1 saturated heterocycles. The molecule has 0 saturated carbocycles. The molecular weight excluding hydrogens is 1070 g/mol. The van der Waals surface area contributed by atoms with E-state index in [-0.39, 0.29) is 59.5 Å². The number of aliphatic hydroxyl groups excluding tert-OH is 1. The lowest BCUT2D eigenvalue weighted by Crippen LogP contribution is -2.45. The second-order valence-corrected chi connectivity index (χ2v) is 25.1. The van der Waals surface area contributed by atoms with Crippen molar-refractivity contribution >= 4 is 78.2 Å². The maximum Gasteiger partial charge on any atom is 0.320 e. The van der Waals surface area contributed by atoms with Crippen LogP contribution < -0.4 is 20.3 Å². The zero-order valence-electron chi connectivity index (χ0n) is 45.0. The van der Waals surface area contributed by atoms with Gasteiger partial charge in [-0.15, -0.1) is 11.8 Å². The molecule has 1 aliphatic rings. The van der Waals surface area contributed by atoms with Crippen molar-refractivity contribution in [2.45, 2.75) is 91.7 Å². The lowest BCUT2D eigenvalue weighted by atomic mass is 9.84. The number of unbranched alkanes of at least 4 members (excludes halogenated alkanes) is 2. The quantitative estimate of drug-likeness (QED) is 0.0201. The Morgan fingerprint density at radius 2 is 1.50 bits per heavy atom. The first-order chi connectivity index (χ1) is 37.2. The Bertz CT molecular complexity index is 3020. The number of Topliss-reactive ketones (excluding diaryl/α,β-unsaturated/α-hetero) is 1. The van der Waals surface area contributed by atoms with Crippen LogP contribution in [0, 0.1) is 5.92 Å². The molecule has 16 nitrogen and oxygen atoms in total. The average molecular weight is 1150 g/mol. The highest BCUT2D eigenvalue weighted by Gasteiger charge is 2.29. The lowest BCUT2D eigenvalue weighted by molar-refractivity contribution is -0.145. The fourth-order valence-electron chi connectivity index (χ4n) is 9.25. The number of carbonyl (C=O) groups is 4. The molecule has 0 spiro atoms. The topological polar surface area (TPSA) is 212 Å². The summed E-state index contributed by atoms with van der Waals surface area (Å²) < 4.78 is 61.7. The average Bonchev–Trinajstić information content (AvgIpc) is 3.44. The number of carbonyl (C=O) groups excluding carboxylic acids is 4. The summed E-state index contributed by atoms with van der Waals surface area (Å²) in [5.74, 6) is -1.31. The van der Waals surface area contributed by atoms with Crippen LogP contribution in [0.1, 0.15) is 80.8 Å². The van der Waals surface area contributed by atoms with Gasteiger partial charge in [-0.1, -0.05) is 92.4 Å². The summed E-state index contributed by atoms with van der Waals surface area (Å²) in [6.45, 7) is 5.63. The summed E-state index contributed by atoms with van der Waals surface area (Å²) in [6.07, 6.45) is 5.65. The van der Waals surface area contributed by atoms with Gasteiger partial charge < -0.3 is 30.3 Å². The number of hydrogen-bond acceptors (Lipinski definition) is 15. The molecule has 420 valence electrons. The molecular formula is C58H73ClN6O10S3. The van der Waals surface area contributed by atoms with Crippen molar-refractivity contribution in [2.75, 3.05) is 82.2 Å². The molecule has 0 bridgehead atoms. The van der Waals surface area contributed by atoms with Crippen molar-refractivity contribution in [1.29, 1.82) is 0 Å². The summed E-state index contributed by atoms with van der Waals surface area (Å²) in [5.41, 5.74) is 3.93. The molecule has 1 fully saturated rings. The number of likely N-dealkylation sites (N-methyl/N-ethyl adjacent to an activating group) is 2. The number of rotatable bonds is 29. The molecule has 1 unspecified atom stereocenters. The number of anilines is 2. The minimum Gasteiger partial charge on any atom is -0.463 e. The first-order valence-electron chi connectivity index (χ1n) is 26.3. The molecule has 78 heavy (non-hydrogen) atoms. The standard InChI is InChI=1S/C58H73ClN6O10S3/c1-6-7-9-18-52(41(2)66)61-55(67)38-64(4)39-56(68)75-36-35-63(3)32-31-46(40-76-48-14-10-8-11-15-48)60-53-28-27-49(37-54(53)77(5,71)72)78(73,74)62-58(70)44-21-25-47(26-22-44)65-33-29-43(30-34-65)57(69)51-17-13-12-16-50(51)42-19-23-45(59)24-20-42/h8,10-17,19-28,37,43,46,52,57,60,69H,6-7,9,18,29-36,38-40H2,1-5H3,(H,61,67)(H,62,70)/t46-,52?,57-/m1/s1. The smallest absolute Gasteiger partial charge is 0.320 e. The molecule has 0 aromatic heterocycles. The zero-order chi connectivity index (χ0) is 56.4. The summed E-state index contributed by atoms with van der Waals surface area (Å²) in [7, 11) is -5.06. The Morgan fingerprint density at radius 3 is 2.17 bits per heavy atom. The largest absolute Gasteiger partial charge is 0.463 e. The minimum atomic E-state index is -4.54. The van der Waals surface area contributed by atoms with E-state index < -0.39 is 48.8 Å². The third-order valence-electron chi connectivity index (χ3n) is 13.7. The third-order valence-corrected chi connectivity index (χ3v) is 17.6. The number of sulfone groups is 1. The Morgan fingerprint density at radius 1 is 0.821 bits per heavy atom. The summed E-state index contributed by atoms with van der Waals surface area (Å²) in [6, 6.07) is 34.5. The molecule has 0 radical (unpaired) electrons. The van der Waals surface area contributed by atoms with E-state index in [1.807, 2.05) is 90.8 Å². The van der Waals surface area contributed by atoms with Crippen LogP contribution in [0.25, 0.3) is 11.1 Å². The molecule has 5 aromatic rings. The maximum atomic E-state index is 13.7. The fraction of sp³-hybridized carbons (Fsp3) is 0.414. The van der Waals surface area contributed by atoms with Crippen molar-refractivity contribution < 1.29 is 45.9 Å². The van der Waals surface area contributed by atoms with Crippen LogP contribution in [0.15, 0.2) is 136 Å². The Labute approximate surface area is 469 Å². The van der Waals surface area contributed by atoms with Gasteiger partial charge in [-0.05, 0) is 143 Å². The van der Waals surface area contributed by atoms with Gasteiger partial charge >= 0.3 is 5.97 Å². The number of aliphatic hydroxyl groups is 1. The van der Waals surface area contributed by atoms with Crippen molar-refractivity contribution in [3.63, 3.8) is 0 Å². The van der Waals surface area contributed by atoms with Crippen molar-refractivity contribution in [2.24, 2.45) is 5.92 Å². The number of nitrogens with one attached hydrogen (secondary N) is 3. The number of sulfonamides is 1. The van der Waals surface area contributed by atoms with Gasteiger partial charge in [0, 0.05) is 58.9 Å². The number of esters is 1. The van der Waals surface area contributed by atoms with Gasteiger partial charge in [0.25, 0.3) is 15.9 Å². The molecule has 6 rings (SSSR count). The van der Waals surface area contributed by atoms with Crippen molar-refractivity contribution in [1.82, 2.24) is 19.8 Å². The van der Waals surface area contributed by atoms with Crippen LogP contribution >= 0.6 is 23.4 Å².